The van der Waals surface area contributed by atoms with Gasteiger partial charge in [0.05, 0.1) is 25.0 Å². The summed E-state index contributed by atoms with van der Waals surface area (Å²) in [6, 6.07) is 16.2. The van der Waals surface area contributed by atoms with Crippen LogP contribution in [0, 0.1) is 6.92 Å². The molecule has 0 amide bonds. The van der Waals surface area contributed by atoms with Crippen LogP contribution in [0.3, 0.4) is 0 Å². The minimum Gasteiger partial charge on any atom is -0.463 e. The van der Waals surface area contributed by atoms with Gasteiger partial charge in [0.2, 0.25) is 0 Å². The van der Waals surface area contributed by atoms with Crippen molar-refractivity contribution in [3.8, 4) is 6.01 Å². The minimum absolute atomic E-state index is 0.119. The van der Waals surface area contributed by atoms with Gasteiger partial charge in [-0.15, -0.1) is 0 Å². The van der Waals surface area contributed by atoms with Gasteiger partial charge in [-0.2, -0.15) is 15.1 Å². The molecule has 1 aromatic carbocycles. The number of anilines is 2. The van der Waals surface area contributed by atoms with Gasteiger partial charge in [0.1, 0.15) is 5.82 Å². The zero-order valence-electron chi connectivity index (χ0n) is 19.3. The molecule has 1 aliphatic rings. The van der Waals surface area contributed by atoms with E-state index in [9.17, 15) is 0 Å². The number of aromatic nitrogens is 3. The van der Waals surface area contributed by atoms with Crippen LogP contribution in [0.15, 0.2) is 59.8 Å². The Morgan fingerprint density at radius 2 is 1.97 bits per heavy atom. The molecule has 1 N–H and O–H groups in total. The number of hydrazone groups is 1. The van der Waals surface area contributed by atoms with Gasteiger partial charge in [-0.05, 0) is 38.5 Å². The Morgan fingerprint density at radius 3 is 2.73 bits per heavy atom. The fourth-order valence-corrected chi connectivity index (χ4v) is 3.78. The summed E-state index contributed by atoms with van der Waals surface area (Å²) in [5.41, 5.74) is 6.19. The molecule has 33 heavy (non-hydrogen) atoms. The third kappa shape index (κ3) is 6.73. The van der Waals surface area contributed by atoms with Gasteiger partial charge < -0.3 is 14.4 Å². The summed E-state index contributed by atoms with van der Waals surface area (Å²) in [4.78, 5) is 15.7. The van der Waals surface area contributed by atoms with Crippen molar-refractivity contribution in [2.45, 2.75) is 39.4 Å². The number of ether oxygens (including phenoxy) is 2. The molecule has 8 nitrogen and oxygen atoms in total. The molecule has 1 saturated heterocycles. The van der Waals surface area contributed by atoms with Gasteiger partial charge in [-0.25, -0.2) is 0 Å². The van der Waals surface area contributed by atoms with E-state index in [1.807, 2.05) is 36.4 Å². The first kappa shape index (κ1) is 22.7. The third-order valence-corrected chi connectivity index (χ3v) is 5.19. The number of hydrogen-bond acceptors (Lipinski definition) is 8. The number of pyridine rings is 1. The van der Waals surface area contributed by atoms with E-state index in [0.29, 0.717) is 24.9 Å². The molecule has 3 aromatic rings. The summed E-state index contributed by atoms with van der Waals surface area (Å²) in [7, 11) is 0. The lowest BCUT2D eigenvalue weighted by Gasteiger charge is -2.36. The lowest BCUT2D eigenvalue weighted by atomic mass is 10.2. The lowest BCUT2D eigenvalue weighted by Crippen LogP contribution is -2.45. The molecule has 2 atom stereocenters. The highest BCUT2D eigenvalue weighted by atomic mass is 16.5. The van der Waals surface area contributed by atoms with E-state index in [0.717, 1.165) is 30.2 Å². The summed E-state index contributed by atoms with van der Waals surface area (Å²) in [5, 5.41) is 4.36. The molecule has 0 aliphatic carbocycles. The smallest absolute Gasteiger partial charge is 0.320 e. The maximum absolute atomic E-state index is 5.90. The molecule has 172 valence electrons. The topological polar surface area (TPSA) is 84.8 Å². The monoisotopic (exact) mass is 446 g/mol. The van der Waals surface area contributed by atoms with E-state index in [1.54, 1.807) is 12.4 Å². The first-order valence-corrected chi connectivity index (χ1v) is 11.2. The Kier molecular flexibility index (Phi) is 7.47. The summed E-state index contributed by atoms with van der Waals surface area (Å²) in [6.45, 7) is 8.13. The van der Waals surface area contributed by atoms with Crippen LogP contribution in [0.25, 0.3) is 0 Å². The van der Waals surface area contributed by atoms with Gasteiger partial charge in [0.15, 0.2) is 5.82 Å². The van der Waals surface area contributed by atoms with Gasteiger partial charge in [0, 0.05) is 37.5 Å². The van der Waals surface area contributed by atoms with Crippen LogP contribution >= 0.6 is 0 Å². The zero-order valence-corrected chi connectivity index (χ0v) is 19.3. The first-order valence-electron chi connectivity index (χ1n) is 11.2. The molecular formula is C25H30N6O2. The predicted octanol–water partition coefficient (Wildman–Crippen LogP) is 3.86. The minimum atomic E-state index is 0.119. The third-order valence-electron chi connectivity index (χ3n) is 5.19. The van der Waals surface area contributed by atoms with Crippen LogP contribution in [-0.4, -0.2) is 53.1 Å². The molecule has 0 radical (unpaired) electrons. The molecule has 8 heteroatoms. The SMILES string of the molecule is Cc1cccc(C=NNc2cc(N3CC(C)OC(C)C3)nc(OCCc3ccccn3)n2)c1. The predicted molar refractivity (Wildman–Crippen MR) is 130 cm³/mol. The van der Waals surface area contributed by atoms with Crippen molar-refractivity contribution in [2.24, 2.45) is 5.10 Å². The van der Waals surface area contributed by atoms with Gasteiger partial charge in [-0.1, -0.05) is 35.9 Å². The molecule has 1 aliphatic heterocycles. The maximum Gasteiger partial charge on any atom is 0.320 e. The zero-order chi connectivity index (χ0) is 23.0. The molecule has 1 fully saturated rings. The molecular weight excluding hydrogens is 416 g/mol. The van der Waals surface area contributed by atoms with Crippen LogP contribution in [0.1, 0.15) is 30.7 Å². The number of nitrogens with one attached hydrogen (secondary N) is 1. The molecule has 0 bridgehead atoms. The molecule has 3 heterocycles. The van der Waals surface area contributed by atoms with Crippen LogP contribution in [-0.2, 0) is 11.2 Å². The van der Waals surface area contributed by atoms with Gasteiger partial charge in [0.25, 0.3) is 0 Å². The largest absolute Gasteiger partial charge is 0.463 e. The Morgan fingerprint density at radius 1 is 1.12 bits per heavy atom. The Bertz CT molecular complexity index is 1070. The van der Waals surface area contributed by atoms with E-state index < -0.39 is 0 Å². The number of hydrogen-bond donors (Lipinski definition) is 1. The second-order valence-electron chi connectivity index (χ2n) is 8.26. The summed E-state index contributed by atoms with van der Waals surface area (Å²) < 4.78 is 11.8. The number of rotatable bonds is 8. The van der Waals surface area contributed by atoms with Crippen molar-refractivity contribution in [3.63, 3.8) is 0 Å². The molecule has 4 rings (SSSR count). The summed E-state index contributed by atoms with van der Waals surface area (Å²) in [5.74, 6) is 1.36. The van der Waals surface area contributed by atoms with E-state index >= 15 is 0 Å². The van der Waals surface area contributed by atoms with E-state index in [4.69, 9.17) is 9.47 Å². The fourth-order valence-electron chi connectivity index (χ4n) is 3.78. The van der Waals surface area contributed by atoms with E-state index in [2.05, 4.69) is 63.3 Å². The number of benzene rings is 1. The Hall–Kier alpha value is -3.52. The second-order valence-corrected chi connectivity index (χ2v) is 8.26. The fraction of sp³-hybridized carbons (Fsp3) is 0.360. The highest BCUT2D eigenvalue weighted by molar-refractivity contribution is 5.80. The van der Waals surface area contributed by atoms with Crippen LogP contribution in [0.2, 0.25) is 0 Å². The van der Waals surface area contributed by atoms with Gasteiger partial charge in [-0.3, -0.25) is 10.4 Å². The highest BCUT2D eigenvalue weighted by Crippen LogP contribution is 2.23. The quantitative estimate of drug-likeness (QED) is 0.415. The van der Waals surface area contributed by atoms with Crippen LogP contribution in [0.4, 0.5) is 11.6 Å². The van der Waals surface area contributed by atoms with Crippen LogP contribution < -0.4 is 15.1 Å². The number of nitrogens with zero attached hydrogens (tertiary/aromatic N) is 5. The normalized spacial score (nSPS) is 18.5. The lowest BCUT2D eigenvalue weighted by molar-refractivity contribution is -0.00550. The van der Waals surface area contributed by atoms with Crippen molar-refractivity contribution in [1.82, 2.24) is 15.0 Å². The summed E-state index contributed by atoms with van der Waals surface area (Å²) >= 11 is 0. The Balaban J connectivity index is 1.50. The first-order chi connectivity index (χ1) is 16.0. The average Bonchev–Trinajstić information content (AvgIpc) is 2.79. The second kappa shape index (κ2) is 10.9. The van der Waals surface area contributed by atoms with Crippen LogP contribution in [0.5, 0.6) is 6.01 Å². The van der Waals surface area contributed by atoms with E-state index in [1.165, 1.54) is 5.56 Å². The molecule has 2 unspecified atom stereocenters. The van der Waals surface area contributed by atoms with Crippen molar-refractivity contribution < 1.29 is 9.47 Å². The highest BCUT2D eigenvalue weighted by Gasteiger charge is 2.24. The molecule has 0 saturated carbocycles. The molecule has 2 aromatic heterocycles. The van der Waals surface area contributed by atoms with Gasteiger partial charge >= 0.3 is 6.01 Å². The average molecular weight is 447 g/mol. The maximum atomic E-state index is 5.90. The molecule has 0 spiro atoms. The van der Waals surface area contributed by atoms with Crippen molar-refractivity contribution in [2.75, 3.05) is 30.0 Å². The van der Waals surface area contributed by atoms with E-state index in [-0.39, 0.29) is 12.2 Å². The number of aryl methyl sites for hydroxylation is 1. The number of morpholine rings is 1. The standard InChI is InChI=1S/C25H30N6O2/c1-18-7-6-8-21(13-18)15-27-30-23-14-24(31-16-19(2)33-20(3)17-31)29-25(28-23)32-12-10-22-9-4-5-11-26-22/h4-9,11,13-15,19-20H,10,12,16-17H2,1-3H3,(H,28,29,30). The Labute approximate surface area is 194 Å². The van der Waals surface area contributed by atoms with Crippen molar-refractivity contribution in [3.05, 3.63) is 71.5 Å². The van der Waals surface area contributed by atoms with Crippen molar-refractivity contribution in [1.29, 1.82) is 0 Å². The van der Waals surface area contributed by atoms with Crippen molar-refractivity contribution >= 4 is 17.9 Å². The summed E-state index contributed by atoms with van der Waals surface area (Å²) in [6.07, 6.45) is 4.46.